The summed E-state index contributed by atoms with van der Waals surface area (Å²) in [6.45, 7) is 5.00. The van der Waals surface area contributed by atoms with Crippen LogP contribution in [0.4, 0.5) is 0 Å². The molecule has 6 nitrogen and oxygen atoms in total. The Morgan fingerprint density at radius 3 is 2.30 bits per heavy atom. The summed E-state index contributed by atoms with van der Waals surface area (Å²) in [5.74, 6) is -0.486. The zero-order valence-electron chi connectivity index (χ0n) is 21.5. The number of para-hydroxylation sites is 2. The number of nitrogens with one attached hydrogen (secondary N) is 3. The predicted molar refractivity (Wildman–Crippen MR) is 146 cm³/mol. The quantitative estimate of drug-likeness (QED) is 0.271. The highest BCUT2D eigenvalue weighted by Crippen LogP contribution is 2.51. The number of carbonyl (C=O) groups is 1. The van der Waals surface area contributed by atoms with Crippen molar-refractivity contribution in [3.05, 3.63) is 82.7 Å². The molecule has 0 bridgehead atoms. The topological polar surface area (TPSA) is 73.2 Å². The van der Waals surface area contributed by atoms with Crippen LogP contribution in [0, 0.1) is 11.8 Å². The Balaban J connectivity index is 1.41. The summed E-state index contributed by atoms with van der Waals surface area (Å²) in [4.78, 5) is 23.9. The van der Waals surface area contributed by atoms with E-state index in [2.05, 4.69) is 81.7 Å². The number of esters is 1. The smallest absolute Gasteiger partial charge is 0.311 e. The van der Waals surface area contributed by atoms with Gasteiger partial charge >= 0.3 is 5.97 Å². The van der Waals surface area contributed by atoms with Gasteiger partial charge in [0.25, 0.3) is 0 Å². The van der Waals surface area contributed by atoms with Crippen molar-refractivity contribution < 1.29 is 9.53 Å². The molecule has 7 rings (SSSR count). The Labute approximate surface area is 217 Å². The Kier molecular flexibility index (Phi) is 5.48. The van der Waals surface area contributed by atoms with Crippen molar-refractivity contribution >= 4 is 27.8 Å². The molecular formula is C31H34N4O2. The fourth-order valence-corrected chi connectivity index (χ4v) is 7.53. The SMILES string of the molecule is C/C=C1\CCN2CCc3c([nH]c4ccccc34)[C@H]2[C@@H]1[C@@H](C(=O)OC)[C@H]1NCCc2c1[nH]c1ccccc21. The number of nitrogens with zero attached hydrogens (tertiary/aromatic N) is 1. The van der Waals surface area contributed by atoms with E-state index in [1.807, 2.05) is 0 Å². The number of allylic oxidation sites excluding steroid dienone is 1. The molecule has 0 radical (unpaired) electrons. The van der Waals surface area contributed by atoms with Crippen molar-refractivity contribution in [1.82, 2.24) is 20.2 Å². The van der Waals surface area contributed by atoms with Gasteiger partial charge in [0.05, 0.1) is 25.1 Å². The van der Waals surface area contributed by atoms with Crippen molar-refractivity contribution in [3.63, 3.8) is 0 Å². The van der Waals surface area contributed by atoms with E-state index in [-0.39, 0.29) is 29.9 Å². The first-order valence-corrected chi connectivity index (χ1v) is 13.6. The standard InChI is InChI=1S/C31H34N4O2/c1-3-18-13-16-35-17-14-22-20-9-5-7-11-24(20)34-28(22)30(35)25(18)26(31(36)37-2)29-27-21(12-15-32-29)19-8-4-6-10-23(19)33-27/h3-11,25-26,29-30,32-34H,12-17H2,1-2H3/b18-3+/t25-,26+,29+,30+/m0/s1. The Morgan fingerprint density at radius 2 is 1.59 bits per heavy atom. The predicted octanol–water partition coefficient (Wildman–Crippen LogP) is 5.19. The van der Waals surface area contributed by atoms with E-state index in [0.717, 1.165) is 50.1 Å². The fourth-order valence-electron chi connectivity index (χ4n) is 7.53. The van der Waals surface area contributed by atoms with E-state index in [1.54, 1.807) is 0 Å². The van der Waals surface area contributed by atoms with Crippen LogP contribution >= 0.6 is 0 Å². The van der Waals surface area contributed by atoms with Gasteiger partial charge in [-0.1, -0.05) is 48.0 Å². The number of carbonyl (C=O) groups excluding carboxylic acids is 1. The van der Waals surface area contributed by atoms with Crippen LogP contribution < -0.4 is 5.32 Å². The number of hydrogen-bond acceptors (Lipinski definition) is 4. The molecule has 3 aliphatic heterocycles. The molecule has 0 saturated carbocycles. The Hall–Kier alpha value is -3.35. The maximum absolute atomic E-state index is 13.8. The third kappa shape index (κ3) is 3.42. The molecule has 5 heterocycles. The molecule has 3 aliphatic rings. The zero-order valence-corrected chi connectivity index (χ0v) is 21.5. The number of aromatic amines is 2. The second-order valence-corrected chi connectivity index (χ2v) is 10.7. The first-order chi connectivity index (χ1) is 18.2. The molecule has 2 aromatic carbocycles. The summed E-state index contributed by atoms with van der Waals surface area (Å²) < 4.78 is 5.58. The minimum Gasteiger partial charge on any atom is -0.469 e. The van der Waals surface area contributed by atoms with Crippen molar-refractivity contribution in [2.24, 2.45) is 11.8 Å². The Bertz CT molecular complexity index is 1530. The zero-order chi connectivity index (χ0) is 25.1. The third-order valence-electron chi connectivity index (χ3n) is 9.13. The molecule has 3 N–H and O–H groups in total. The van der Waals surface area contributed by atoms with E-state index in [1.165, 1.54) is 45.8 Å². The maximum atomic E-state index is 13.8. The number of H-pyrrole nitrogens is 2. The first-order valence-electron chi connectivity index (χ1n) is 13.6. The van der Waals surface area contributed by atoms with Crippen LogP contribution in [-0.2, 0) is 22.4 Å². The minimum absolute atomic E-state index is 0.00757. The summed E-state index contributed by atoms with van der Waals surface area (Å²) in [5.41, 5.74) is 8.83. The van der Waals surface area contributed by atoms with Crippen LogP contribution in [0.3, 0.4) is 0 Å². The maximum Gasteiger partial charge on any atom is 0.311 e. The molecule has 1 saturated heterocycles. The van der Waals surface area contributed by atoms with Gasteiger partial charge in [-0.05, 0) is 56.0 Å². The lowest BCUT2D eigenvalue weighted by Crippen LogP contribution is -2.51. The van der Waals surface area contributed by atoms with E-state index in [4.69, 9.17) is 4.74 Å². The van der Waals surface area contributed by atoms with Crippen LogP contribution in [0.15, 0.2) is 60.2 Å². The van der Waals surface area contributed by atoms with Crippen molar-refractivity contribution in [2.75, 3.05) is 26.7 Å². The second kappa shape index (κ2) is 8.89. The lowest BCUT2D eigenvalue weighted by atomic mass is 9.69. The molecule has 0 amide bonds. The highest BCUT2D eigenvalue weighted by molar-refractivity contribution is 5.87. The van der Waals surface area contributed by atoms with Gasteiger partial charge in [-0.15, -0.1) is 0 Å². The molecule has 6 heteroatoms. The van der Waals surface area contributed by atoms with Gasteiger partial charge in [-0.25, -0.2) is 0 Å². The molecule has 4 atom stereocenters. The number of rotatable bonds is 3. The van der Waals surface area contributed by atoms with E-state index in [0.29, 0.717) is 0 Å². The molecule has 2 aromatic heterocycles. The summed E-state index contributed by atoms with van der Waals surface area (Å²) in [7, 11) is 1.54. The number of hydrogen-bond donors (Lipinski definition) is 3. The highest BCUT2D eigenvalue weighted by Gasteiger charge is 2.50. The molecule has 190 valence electrons. The van der Waals surface area contributed by atoms with Gasteiger partial charge in [0, 0.05) is 52.2 Å². The van der Waals surface area contributed by atoms with Crippen molar-refractivity contribution in [3.8, 4) is 0 Å². The monoisotopic (exact) mass is 494 g/mol. The van der Waals surface area contributed by atoms with Crippen LogP contribution in [-0.4, -0.2) is 47.6 Å². The average Bonchev–Trinajstić information content (AvgIpc) is 3.52. The van der Waals surface area contributed by atoms with Gasteiger partial charge in [-0.3, -0.25) is 9.69 Å². The van der Waals surface area contributed by atoms with E-state index in [9.17, 15) is 4.79 Å². The highest BCUT2D eigenvalue weighted by atomic mass is 16.5. The number of benzene rings is 2. The van der Waals surface area contributed by atoms with Gasteiger partial charge in [0.15, 0.2) is 0 Å². The normalized spacial score (nSPS) is 25.6. The van der Waals surface area contributed by atoms with E-state index >= 15 is 0 Å². The van der Waals surface area contributed by atoms with Gasteiger partial charge in [0.1, 0.15) is 0 Å². The lowest BCUT2D eigenvalue weighted by molar-refractivity contribution is -0.150. The van der Waals surface area contributed by atoms with Gasteiger partial charge < -0.3 is 20.0 Å². The Morgan fingerprint density at radius 1 is 0.946 bits per heavy atom. The molecule has 0 unspecified atom stereocenters. The summed E-state index contributed by atoms with van der Waals surface area (Å²) in [5, 5.41) is 6.33. The average molecular weight is 495 g/mol. The number of piperidine rings is 1. The van der Waals surface area contributed by atoms with Crippen molar-refractivity contribution in [1.29, 1.82) is 0 Å². The summed E-state index contributed by atoms with van der Waals surface area (Å²) >= 11 is 0. The minimum atomic E-state index is -0.353. The van der Waals surface area contributed by atoms with Crippen molar-refractivity contribution in [2.45, 2.75) is 38.3 Å². The first kappa shape index (κ1) is 22.8. The molecule has 0 aliphatic carbocycles. The molecule has 37 heavy (non-hydrogen) atoms. The lowest BCUT2D eigenvalue weighted by Gasteiger charge is -2.49. The number of ether oxygens (including phenoxy) is 1. The van der Waals surface area contributed by atoms with Crippen LogP contribution in [0.1, 0.15) is 47.9 Å². The van der Waals surface area contributed by atoms with Gasteiger partial charge in [-0.2, -0.15) is 0 Å². The van der Waals surface area contributed by atoms with Crippen LogP contribution in [0.5, 0.6) is 0 Å². The molecule has 1 fully saturated rings. The number of aromatic nitrogens is 2. The fraction of sp³-hybridized carbons (Fsp3) is 0.387. The largest absolute Gasteiger partial charge is 0.469 e. The molecular weight excluding hydrogens is 460 g/mol. The van der Waals surface area contributed by atoms with Crippen LogP contribution in [0.2, 0.25) is 0 Å². The van der Waals surface area contributed by atoms with Gasteiger partial charge in [0.2, 0.25) is 0 Å². The summed E-state index contributed by atoms with van der Waals surface area (Å²) in [6, 6.07) is 17.1. The molecule has 4 aromatic rings. The number of fused-ring (bicyclic) bond motifs is 8. The number of methoxy groups -OCH3 is 1. The third-order valence-corrected chi connectivity index (χ3v) is 9.13. The summed E-state index contributed by atoms with van der Waals surface area (Å²) in [6.07, 6.45) is 5.22. The molecule has 0 spiro atoms. The van der Waals surface area contributed by atoms with E-state index < -0.39 is 0 Å². The van der Waals surface area contributed by atoms with Crippen LogP contribution in [0.25, 0.3) is 21.8 Å². The second-order valence-electron chi connectivity index (χ2n) is 10.7.